The van der Waals surface area contributed by atoms with E-state index in [-0.39, 0.29) is 16.7 Å². The average molecular weight is 439 g/mol. The van der Waals surface area contributed by atoms with Crippen molar-refractivity contribution in [2.24, 2.45) is 0 Å². The van der Waals surface area contributed by atoms with E-state index in [1.807, 2.05) is 30.3 Å². The summed E-state index contributed by atoms with van der Waals surface area (Å²) >= 11 is 0. The van der Waals surface area contributed by atoms with Gasteiger partial charge in [-0.05, 0) is 48.0 Å². The number of carbonyl (C=O) groups excluding carboxylic acids is 1. The van der Waals surface area contributed by atoms with Crippen LogP contribution in [-0.2, 0) is 12.8 Å². The number of benzene rings is 3. The van der Waals surface area contributed by atoms with Crippen molar-refractivity contribution in [3.05, 3.63) is 106 Å². The molecular formula is C24H16F3NO4. The van der Waals surface area contributed by atoms with Crippen molar-refractivity contribution in [3.8, 4) is 5.75 Å². The first kappa shape index (κ1) is 21.2. The van der Waals surface area contributed by atoms with Gasteiger partial charge in [-0.15, -0.1) is 0 Å². The normalized spacial score (nSPS) is 11.3. The molecule has 0 saturated heterocycles. The number of hydrogen-bond acceptors (Lipinski definition) is 4. The molecule has 4 aromatic rings. The quantitative estimate of drug-likeness (QED) is 0.437. The molecule has 0 fully saturated rings. The summed E-state index contributed by atoms with van der Waals surface area (Å²) in [6, 6.07) is 20.3. The Morgan fingerprint density at radius 2 is 1.66 bits per heavy atom. The van der Waals surface area contributed by atoms with Crippen LogP contribution in [0, 0.1) is 0 Å². The maximum absolute atomic E-state index is 12.8. The van der Waals surface area contributed by atoms with Crippen molar-refractivity contribution in [1.82, 2.24) is 0 Å². The lowest BCUT2D eigenvalue weighted by Crippen LogP contribution is -2.13. The number of ether oxygens (including phenoxy) is 1. The van der Waals surface area contributed by atoms with Gasteiger partial charge in [0.2, 0.25) is 5.76 Å². The van der Waals surface area contributed by atoms with Crippen molar-refractivity contribution in [1.29, 1.82) is 0 Å². The standard InChI is InChI=1S/C24H16F3NO4/c25-24(26,27)22-13-20(29)19-12-17(8-11-21(19)32-22)28-23(30)16-6-9-18(10-7-16)31-14-15-4-2-1-3-5-15/h1-13H,14H2,(H,28,30). The minimum absolute atomic E-state index is 0.0690. The summed E-state index contributed by atoms with van der Waals surface area (Å²) in [6.45, 7) is 0.391. The second kappa shape index (κ2) is 8.58. The van der Waals surface area contributed by atoms with E-state index in [1.165, 1.54) is 18.2 Å². The molecule has 0 bridgehead atoms. The molecule has 1 aromatic heterocycles. The monoisotopic (exact) mass is 439 g/mol. The molecule has 0 aliphatic carbocycles. The van der Waals surface area contributed by atoms with Crippen LogP contribution >= 0.6 is 0 Å². The third kappa shape index (κ3) is 4.80. The third-order valence-electron chi connectivity index (χ3n) is 4.63. The molecule has 0 atom stereocenters. The SMILES string of the molecule is O=C(Nc1ccc2oc(C(F)(F)F)cc(=O)c2c1)c1ccc(OCc2ccccc2)cc1. The van der Waals surface area contributed by atoms with Gasteiger partial charge in [0.25, 0.3) is 5.91 Å². The Balaban J connectivity index is 1.46. The van der Waals surface area contributed by atoms with Crippen molar-refractivity contribution in [2.75, 3.05) is 5.32 Å². The van der Waals surface area contributed by atoms with Gasteiger partial charge in [-0.25, -0.2) is 0 Å². The van der Waals surface area contributed by atoms with Crippen LogP contribution in [0.1, 0.15) is 21.7 Å². The molecule has 1 heterocycles. The van der Waals surface area contributed by atoms with E-state index in [0.717, 1.165) is 5.56 Å². The van der Waals surface area contributed by atoms with Gasteiger partial charge < -0.3 is 14.5 Å². The number of anilines is 1. The van der Waals surface area contributed by atoms with Crippen LogP contribution in [0.2, 0.25) is 0 Å². The first-order chi connectivity index (χ1) is 15.3. The second-order valence-corrected chi connectivity index (χ2v) is 6.94. The van der Waals surface area contributed by atoms with Crippen LogP contribution in [0.25, 0.3) is 11.0 Å². The molecule has 0 aliphatic heterocycles. The van der Waals surface area contributed by atoms with E-state index in [9.17, 15) is 22.8 Å². The molecule has 0 aliphatic rings. The van der Waals surface area contributed by atoms with Crippen LogP contribution in [0.4, 0.5) is 18.9 Å². The number of hydrogen-bond donors (Lipinski definition) is 1. The average Bonchev–Trinajstić information content (AvgIpc) is 2.78. The molecule has 3 aromatic carbocycles. The Labute approximate surface area is 180 Å². The van der Waals surface area contributed by atoms with Gasteiger partial charge in [-0.3, -0.25) is 9.59 Å². The lowest BCUT2D eigenvalue weighted by atomic mass is 10.1. The number of alkyl halides is 3. The number of fused-ring (bicyclic) bond motifs is 1. The van der Waals surface area contributed by atoms with Gasteiger partial charge >= 0.3 is 6.18 Å². The zero-order valence-corrected chi connectivity index (χ0v) is 16.5. The molecular weight excluding hydrogens is 423 g/mol. The highest BCUT2D eigenvalue weighted by Crippen LogP contribution is 2.30. The summed E-state index contributed by atoms with van der Waals surface area (Å²) in [5, 5.41) is 2.55. The minimum atomic E-state index is -4.77. The van der Waals surface area contributed by atoms with Gasteiger partial charge in [-0.2, -0.15) is 13.2 Å². The van der Waals surface area contributed by atoms with Crippen LogP contribution in [-0.4, -0.2) is 5.91 Å². The molecule has 1 amide bonds. The minimum Gasteiger partial charge on any atom is -0.489 e. The fourth-order valence-corrected chi connectivity index (χ4v) is 3.02. The number of nitrogens with one attached hydrogen (secondary N) is 1. The van der Waals surface area contributed by atoms with Gasteiger partial charge in [0, 0.05) is 17.3 Å². The summed E-state index contributed by atoms with van der Waals surface area (Å²) in [5.74, 6) is -1.23. The van der Waals surface area contributed by atoms with E-state index in [2.05, 4.69) is 5.32 Å². The molecule has 32 heavy (non-hydrogen) atoms. The molecule has 4 rings (SSSR count). The molecule has 0 saturated carbocycles. The Morgan fingerprint density at radius 3 is 2.34 bits per heavy atom. The van der Waals surface area contributed by atoms with E-state index in [1.54, 1.807) is 24.3 Å². The van der Waals surface area contributed by atoms with E-state index < -0.39 is 23.3 Å². The number of rotatable bonds is 5. The largest absolute Gasteiger partial charge is 0.489 e. The molecule has 162 valence electrons. The lowest BCUT2D eigenvalue weighted by molar-refractivity contribution is -0.152. The summed E-state index contributed by atoms with van der Waals surface area (Å²) < 4.78 is 48.8. The van der Waals surface area contributed by atoms with Crippen molar-refractivity contribution < 1.29 is 27.1 Å². The van der Waals surface area contributed by atoms with E-state index in [4.69, 9.17) is 9.15 Å². The summed E-state index contributed by atoms with van der Waals surface area (Å²) in [6.07, 6.45) is -4.77. The second-order valence-electron chi connectivity index (χ2n) is 6.94. The molecule has 8 heteroatoms. The topological polar surface area (TPSA) is 68.5 Å². The first-order valence-electron chi connectivity index (χ1n) is 9.53. The number of halogens is 3. The fourth-order valence-electron chi connectivity index (χ4n) is 3.02. The van der Waals surface area contributed by atoms with E-state index in [0.29, 0.717) is 24.0 Å². The Morgan fingerprint density at radius 1 is 0.938 bits per heavy atom. The van der Waals surface area contributed by atoms with Gasteiger partial charge in [0.1, 0.15) is 17.9 Å². The highest BCUT2D eigenvalue weighted by atomic mass is 19.4. The van der Waals surface area contributed by atoms with Gasteiger partial charge in [0.15, 0.2) is 5.43 Å². The third-order valence-corrected chi connectivity index (χ3v) is 4.63. The molecule has 0 radical (unpaired) electrons. The maximum atomic E-state index is 12.8. The van der Waals surface area contributed by atoms with Crippen molar-refractivity contribution in [2.45, 2.75) is 12.8 Å². The highest BCUT2D eigenvalue weighted by Gasteiger charge is 2.34. The summed E-state index contributed by atoms with van der Waals surface area (Å²) in [5.41, 5.74) is 0.533. The maximum Gasteiger partial charge on any atom is 0.449 e. The van der Waals surface area contributed by atoms with Gasteiger partial charge in [0.05, 0.1) is 5.39 Å². The van der Waals surface area contributed by atoms with E-state index >= 15 is 0 Å². The van der Waals surface area contributed by atoms with Crippen LogP contribution in [0.3, 0.4) is 0 Å². The smallest absolute Gasteiger partial charge is 0.449 e. The molecule has 5 nitrogen and oxygen atoms in total. The van der Waals surface area contributed by atoms with Crippen LogP contribution < -0.4 is 15.5 Å². The van der Waals surface area contributed by atoms with Crippen LogP contribution in [0.5, 0.6) is 5.75 Å². The van der Waals surface area contributed by atoms with Crippen molar-refractivity contribution >= 4 is 22.6 Å². The molecule has 0 spiro atoms. The zero-order valence-electron chi connectivity index (χ0n) is 16.5. The fraction of sp³-hybridized carbons (Fsp3) is 0.0833. The number of carbonyl (C=O) groups is 1. The zero-order chi connectivity index (χ0) is 22.7. The van der Waals surface area contributed by atoms with Crippen LogP contribution in [0.15, 0.2) is 88.1 Å². The Hall–Kier alpha value is -4.07. The highest BCUT2D eigenvalue weighted by molar-refractivity contribution is 6.05. The first-order valence-corrected chi connectivity index (χ1v) is 9.53. The lowest BCUT2D eigenvalue weighted by Gasteiger charge is -2.09. The Bertz CT molecular complexity index is 1310. The summed E-state index contributed by atoms with van der Waals surface area (Å²) in [7, 11) is 0. The molecule has 1 N–H and O–H groups in total. The Kier molecular flexibility index (Phi) is 5.68. The summed E-state index contributed by atoms with van der Waals surface area (Å²) in [4.78, 5) is 24.6. The predicted octanol–water partition coefficient (Wildman–Crippen LogP) is 5.64. The number of amides is 1. The molecule has 0 unspecified atom stereocenters. The van der Waals surface area contributed by atoms with Gasteiger partial charge in [-0.1, -0.05) is 30.3 Å². The van der Waals surface area contributed by atoms with Crippen molar-refractivity contribution in [3.63, 3.8) is 0 Å². The predicted molar refractivity (Wildman–Crippen MR) is 113 cm³/mol.